The molecular weight excluding hydrogens is 358 g/mol. The second-order valence-corrected chi connectivity index (χ2v) is 9.09. The molecular formula is C22H32ClN3O. The summed E-state index contributed by atoms with van der Waals surface area (Å²) in [7, 11) is 0. The number of piperidine rings is 1. The molecule has 3 aliphatic heterocycles. The number of carbonyl (C=O) groups excluding carboxylic acids is 1. The molecule has 27 heavy (non-hydrogen) atoms. The van der Waals surface area contributed by atoms with E-state index in [4.69, 9.17) is 11.6 Å². The molecule has 3 heterocycles. The Morgan fingerprint density at radius 1 is 1.04 bits per heavy atom. The number of amides is 1. The van der Waals surface area contributed by atoms with E-state index in [1.807, 2.05) is 24.3 Å². The maximum absolute atomic E-state index is 12.7. The summed E-state index contributed by atoms with van der Waals surface area (Å²) in [6.07, 6.45) is 4.39. The number of carbonyl (C=O) groups is 1. The third-order valence-corrected chi connectivity index (χ3v) is 7.00. The van der Waals surface area contributed by atoms with Crippen LogP contribution < -0.4 is 0 Å². The minimum atomic E-state index is 0.270. The van der Waals surface area contributed by atoms with Gasteiger partial charge in [-0.1, -0.05) is 30.7 Å². The third kappa shape index (κ3) is 4.49. The Morgan fingerprint density at radius 2 is 1.67 bits per heavy atom. The number of rotatable bonds is 5. The van der Waals surface area contributed by atoms with Gasteiger partial charge in [-0.2, -0.15) is 0 Å². The van der Waals surface area contributed by atoms with Crippen LogP contribution in [0.25, 0.3) is 0 Å². The summed E-state index contributed by atoms with van der Waals surface area (Å²) in [5, 5.41) is 0.725. The summed E-state index contributed by atoms with van der Waals surface area (Å²) in [4.78, 5) is 20.1. The van der Waals surface area contributed by atoms with Gasteiger partial charge < -0.3 is 9.80 Å². The van der Waals surface area contributed by atoms with Crippen LogP contribution in [0.4, 0.5) is 0 Å². The van der Waals surface area contributed by atoms with E-state index in [1.165, 1.54) is 52.0 Å². The SMILES string of the molecule is CCCN1CCC(N2CC3CN(C(=O)Cc4ccc(Cl)cc4)CC3C2)CC1. The Kier molecular flexibility index (Phi) is 6.05. The number of fused-ring (bicyclic) bond motifs is 1. The fraction of sp³-hybridized carbons (Fsp3) is 0.682. The van der Waals surface area contributed by atoms with Crippen molar-refractivity contribution in [1.29, 1.82) is 0 Å². The molecule has 0 aliphatic carbocycles. The molecule has 0 saturated carbocycles. The Labute approximate surface area is 168 Å². The second kappa shape index (κ2) is 8.50. The van der Waals surface area contributed by atoms with Gasteiger partial charge >= 0.3 is 0 Å². The van der Waals surface area contributed by atoms with E-state index in [9.17, 15) is 4.79 Å². The average molecular weight is 390 g/mol. The van der Waals surface area contributed by atoms with Crippen LogP contribution in [0.2, 0.25) is 5.02 Å². The van der Waals surface area contributed by atoms with Gasteiger partial charge in [0.1, 0.15) is 0 Å². The lowest BCUT2D eigenvalue weighted by Gasteiger charge is -2.37. The second-order valence-electron chi connectivity index (χ2n) is 8.65. The van der Waals surface area contributed by atoms with Gasteiger partial charge in [-0.15, -0.1) is 0 Å². The van der Waals surface area contributed by atoms with Gasteiger partial charge in [0.15, 0.2) is 0 Å². The maximum Gasteiger partial charge on any atom is 0.227 e. The summed E-state index contributed by atoms with van der Waals surface area (Å²) in [6, 6.07) is 8.43. The van der Waals surface area contributed by atoms with Gasteiger partial charge in [-0.25, -0.2) is 0 Å². The molecule has 1 aromatic rings. The van der Waals surface area contributed by atoms with E-state index in [0.29, 0.717) is 18.3 Å². The summed E-state index contributed by atoms with van der Waals surface area (Å²) in [5.41, 5.74) is 1.06. The third-order valence-electron chi connectivity index (χ3n) is 6.75. The highest BCUT2D eigenvalue weighted by Gasteiger charge is 2.43. The quantitative estimate of drug-likeness (QED) is 0.774. The summed E-state index contributed by atoms with van der Waals surface area (Å²) >= 11 is 5.94. The molecule has 0 N–H and O–H groups in total. The first-order chi connectivity index (χ1) is 13.1. The van der Waals surface area contributed by atoms with Crippen LogP contribution in [0, 0.1) is 11.8 Å². The van der Waals surface area contributed by atoms with Gasteiger partial charge in [-0.3, -0.25) is 9.69 Å². The molecule has 0 radical (unpaired) electrons. The first-order valence-electron chi connectivity index (χ1n) is 10.6. The Morgan fingerprint density at radius 3 is 2.26 bits per heavy atom. The molecule has 0 bridgehead atoms. The Hall–Kier alpha value is -1.10. The molecule has 2 atom stereocenters. The number of likely N-dealkylation sites (tertiary alicyclic amines) is 3. The molecule has 4 rings (SSSR count). The van der Waals surface area contributed by atoms with Gasteiger partial charge in [0.25, 0.3) is 0 Å². The number of hydrogen-bond acceptors (Lipinski definition) is 3. The van der Waals surface area contributed by atoms with E-state index in [-0.39, 0.29) is 5.91 Å². The fourth-order valence-electron chi connectivity index (χ4n) is 5.24. The van der Waals surface area contributed by atoms with E-state index >= 15 is 0 Å². The van der Waals surface area contributed by atoms with E-state index in [2.05, 4.69) is 21.6 Å². The van der Waals surface area contributed by atoms with Crippen LogP contribution >= 0.6 is 11.6 Å². The standard InChI is InChI=1S/C22H32ClN3O/c1-2-9-24-10-7-21(8-11-24)25-13-18-15-26(16-19(18)14-25)22(27)12-17-3-5-20(23)6-4-17/h3-6,18-19,21H,2,7-16H2,1H3. The Balaban J connectivity index is 1.25. The topological polar surface area (TPSA) is 26.8 Å². The predicted octanol–water partition coefficient (Wildman–Crippen LogP) is 3.15. The van der Waals surface area contributed by atoms with Crippen LogP contribution in [0.3, 0.4) is 0 Å². The monoisotopic (exact) mass is 389 g/mol. The largest absolute Gasteiger partial charge is 0.342 e. The number of hydrogen-bond donors (Lipinski definition) is 0. The molecule has 5 heteroatoms. The van der Waals surface area contributed by atoms with Crippen molar-refractivity contribution in [3.8, 4) is 0 Å². The molecule has 4 nitrogen and oxygen atoms in total. The fourth-order valence-corrected chi connectivity index (χ4v) is 5.37. The molecule has 0 spiro atoms. The van der Waals surface area contributed by atoms with E-state index < -0.39 is 0 Å². The highest BCUT2D eigenvalue weighted by molar-refractivity contribution is 6.30. The molecule has 148 valence electrons. The van der Waals surface area contributed by atoms with Crippen molar-refractivity contribution < 1.29 is 4.79 Å². The number of benzene rings is 1. The lowest BCUT2D eigenvalue weighted by atomic mass is 10.0. The van der Waals surface area contributed by atoms with Crippen LogP contribution in [-0.2, 0) is 11.2 Å². The number of halogens is 1. The predicted molar refractivity (Wildman–Crippen MR) is 110 cm³/mol. The zero-order chi connectivity index (χ0) is 18.8. The highest BCUT2D eigenvalue weighted by Crippen LogP contribution is 2.34. The van der Waals surface area contributed by atoms with Crippen molar-refractivity contribution in [2.45, 2.75) is 38.6 Å². The molecule has 3 aliphatic rings. The van der Waals surface area contributed by atoms with Gasteiger partial charge in [0.2, 0.25) is 5.91 Å². The van der Waals surface area contributed by atoms with Gasteiger partial charge in [0.05, 0.1) is 6.42 Å². The zero-order valence-electron chi connectivity index (χ0n) is 16.4. The lowest BCUT2D eigenvalue weighted by Crippen LogP contribution is -2.45. The van der Waals surface area contributed by atoms with Crippen molar-refractivity contribution >= 4 is 17.5 Å². The molecule has 3 saturated heterocycles. The van der Waals surface area contributed by atoms with E-state index in [0.717, 1.165) is 29.7 Å². The van der Waals surface area contributed by atoms with Crippen molar-refractivity contribution in [3.05, 3.63) is 34.9 Å². The normalized spacial score (nSPS) is 27.3. The molecule has 3 fully saturated rings. The maximum atomic E-state index is 12.7. The summed E-state index contributed by atoms with van der Waals surface area (Å²) < 4.78 is 0. The Bertz CT molecular complexity index is 627. The van der Waals surface area contributed by atoms with Crippen molar-refractivity contribution in [3.63, 3.8) is 0 Å². The minimum absolute atomic E-state index is 0.270. The van der Waals surface area contributed by atoms with Gasteiger partial charge in [0, 0.05) is 37.2 Å². The molecule has 2 unspecified atom stereocenters. The van der Waals surface area contributed by atoms with Gasteiger partial charge in [-0.05, 0) is 68.4 Å². The molecule has 1 aromatic carbocycles. The highest BCUT2D eigenvalue weighted by atomic mass is 35.5. The van der Waals surface area contributed by atoms with E-state index in [1.54, 1.807) is 0 Å². The average Bonchev–Trinajstić information content (AvgIpc) is 3.24. The lowest BCUT2D eigenvalue weighted by molar-refractivity contribution is -0.129. The zero-order valence-corrected chi connectivity index (χ0v) is 17.2. The summed E-state index contributed by atoms with van der Waals surface area (Å²) in [6.45, 7) is 10.3. The van der Waals surface area contributed by atoms with Crippen molar-refractivity contribution in [2.75, 3.05) is 45.8 Å². The summed E-state index contributed by atoms with van der Waals surface area (Å²) in [5.74, 6) is 1.62. The molecule has 1 amide bonds. The van der Waals surface area contributed by atoms with Crippen LogP contribution in [-0.4, -0.2) is 72.5 Å². The minimum Gasteiger partial charge on any atom is -0.342 e. The smallest absolute Gasteiger partial charge is 0.227 e. The first kappa shape index (κ1) is 19.2. The van der Waals surface area contributed by atoms with Crippen LogP contribution in [0.15, 0.2) is 24.3 Å². The molecule has 0 aromatic heterocycles. The van der Waals surface area contributed by atoms with Crippen molar-refractivity contribution in [2.24, 2.45) is 11.8 Å². The van der Waals surface area contributed by atoms with Crippen molar-refractivity contribution in [1.82, 2.24) is 14.7 Å². The van der Waals surface area contributed by atoms with Crippen LogP contribution in [0.5, 0.6) is 0 Å². The first-order valence-corrected chi connectivity index (χ1v) is 11.0. The van der Waals surface area contributed by atoms with Crippen LogP contribution in [0.1, 0.15) is 31.7 Å². The number of nitrogens with zero attached hydrogens (tertiary/aromatic N) is 3.